The molecule has 2 aliphatic carbocycles. The number of fused-ring (bicyclic) bond motifs is 3. The first kappa shape index (κ1) is 23.8. The number of rotatable bonds is 8. The van der Waals surface area contributed by atoms with Gasteiger partial charge in [0.1, 0.15) is 12.6 Å². The highest BCUT2D eigenvalue weighted by molar-refractivity contribution is 5.86. The van der Waals surface area contributed by atoms with Crippen LogP contribution in [0.4, 0.5) is 4.79 Å². The molecule has 0 heterocycles. The van der Waals surface area contributed by atoms with E-state index in [0.29, 0.717) is 25.7 Å². The van der Waals surface area contributed by atoms with Gasteiger partial charge in [0, 0.05) is 12.0 Å². The van der Waals surface area contributed by atoms with E-state index in [2.05, 4.69) is 34.9 Å². The molecule has 7 nitrogen and oxygen atoms in total. The number of ether oxygens (including phenoxy) is 1. The summed E-state index contributed by atoms with van der Waals surface area (Å²) in [4.78, 5) is 36.8. The number of amides is 2. The fourth-order valence-corrected chi connectivity index (χ4v) is 5.12. The summed E-state index contributed by atoms with van der Waals surface area (Å²) in [5.74, 6) is -1.42. The molecule has 0 bridgehead atoms. The van der Waals surface area contributed by atoms with Gasteiger partial charge in [0.15, 0.2) is 0 Å². The van der Waals surface area contributed by atoms with Gasteiger partial charge >= 0.3 is 12.1 Å². The lowest BCUT2D eigenvalue weighted by atomic mass is 9.98. The number of carbonyl (C=O) groups is 3. The van der Waals surface area contributed by atoms with Gasteiger partial charge in [-0.3, -0.25) is 9.59 Å². The minimum absolute atomic E-state index is 0.0537. The zero-order valence-corrected chi connectivity index (χ0v) is 19.6. The van der Waals surface area contributed by atoms with Crippen LogP contribution in [-0.4, -0.2) is 41.8 Å². The smallest absolute Gasteiger partial charge is 0.407 e. The molecule has 1 saturated carbocycles. The summed E-state index contributed by atoms with van der Waals surface area (Å²) in [6, 6.07) is 15.3. The maximum Gasteiger partial charge on any atom is 0.407 e. The first-order chi connectivity index (χ1) is 16.3. The van der Waals surface area contributed by atoms with Gasteiger partial charge in [0.2, 0.25) is 5.91 Å². The van der Waals surface area contributed by atoms with Crippen molar-refractivity contribution >= 4 is 18.0 Å². The van der Waals surface area contributed by atoms with Crippen molar-refractivity contribution in [2.45, 2.75) is 57.5 Å². The van der Waals surface area contributed by atoms with Gasteiger partial charge in [0.05, 0.1) is 5.92 Å². The predicted octanol–water partition coefficient (Wildman–Crippen LogP) is 4.31. The van der Waals surface area contributed by atoms with E-state index in [1.54, 1.807) is 0 Å². The van der Waals surface area contributed by atoms with Crippen molar-refractivity contribution < 1.29 is 24.2 Å². The average Bonchev–Trinajstić information content (AvgIpc) is 3.40. The fraction of sp³-hybridized carbons (Fsp3) is 0.444. The molecule has 3 N–H and O–H groups in total. The Kier molecular flexibility index (Phi) is 7.20. The lowest BCUT2D eigenvalue weighted by Gasteiger charge is -2.23. The molecule has 2 amide bonds. The second-order valence-corrected chi connectivity index (χ2v) is 9.71. The van der Waals surface area contributed by atoms with Gasteiger partial charge in [-0.1, -0.05) is 62.4 Å². The molecular formula is C27H32N2O5. The Hall–Kier alpha value is -3.35. The zero-order chi connectivity index (χ0) is 24.2. The number of benzene rings is 2. The van der Waals surface area contributed by atoms with Crippen LogP contribution in [0, 0.1) is 11.8 Å². The van der Waals surface area contributed by atoms with Gasteiger partial charge in [0.25, 0.3) is 0 Å². The second-order valence-electron chi connectivity index (χ2n) is 9.71. The van der Waals surface area contributed by atoms with Crippen LogP contribution in [0.25, 0.3) is 11.1 Å². The Balaban J connectivity index is 1.37. The number of nitrogens with one attached hydrogen (secondary N) is 2. The maximum atomic E-state index is 12.9. The molecule has 3 unspecified atom stereocenters. The van der Waals surface area contributed by atoms with Crippen molar-refractivity contribution in [1.82, 2.24) is 10.6 Å². The molecule has 3 atom stereocenters. The topological polar surface area (TPSA) is 105 Å². The zero-order valence-electron chi connectivity index (χ0n) is 19.6. The summed E-state index contributed by atoms with van der Waals surface area (Å²) in [7, 11) is 0. The Labute approximate surface area is 199 Å². The monoisotopic (exact) mass is 464 g/mol. The predicted molar refractivity (Wildman–Crippen MR) is 128 cm³/mol. The van der Waals surface area contributed by atoms with Crippen LogP contribution in [0.5, 0.6) is 0 Å². The molecule has 180 valence electrons. The highest BCUT2D eigenvalue weighted by Crippen LogP contribution is 2.44. The van der Waals surface area contributed by atoms with E-state index in [-0.39, 0.29) is 30.4 Å². The Morgan fingerprint density at radius 2 is 1.62 bits per heavy atom. The Morgan fingerprint density at radius 1 is 1.00 bits per heavy atom. The van der Waals surface area contributed by atoms with Crippen LogP contribution >= 0.6 is 0 Å². The van der Waals surface area contributed by atoms with Crippen molar-refractivity contribution in [1.29, 1.82) is 0 Å². The molecule has 0 aliphatic heterocycles. The summed E-state index contributed by atoms with van der Waals surface area (Å²) >= 11 is 0. The Morgan fingerprint density at radius 3 is 2.18 bits per heavy atom. The van der Waals surface area contributed by atoms with E-state index in [4.69, 9.17) is 4.74 Å². The van der Waals surface area contributed by atoms with E-state index in [1.165, 1.54) is 0 Å². The molecule has 34 heavy (non-hydrogen) atoms. The lowest BCUT2D eigenvalue weighted by Crippen LogP contribution is -2.50. The molecule has 7 heteroatoms. The van der Waals surface area contributed by atoms with E-state index in [9.17, 15) is 19.5 Å². The van der Waals surface area contributed by atoms with Crippen molar-refractivity contribution in [2.75, 3.05) is 6.61 Å². The average molecular weight is 465 g/mol. The number of carboxylic acid groups (broad SMARTS) is 1. The minimum Gasteiger partial charge on any atom is -0.481 e. The van der Waals surface area contributed by atoms with Gasteiger partial charge in [-0.05, 0) is 53.9 Å². The van der Waals surface area contributed by atoms with E-state index in [1.807, 2.05) is 38.1 Å². The highest BCUT2D eigenvalue weighted by Gasteiger charge is 2.33. The first-order valence-electron chi connectivity index (χ1n) is 12.0. The van der Waals surface area contributed by atoms with Gasteiger partial charge in [-0.25, -0.2) is 4.79 Å². The van der Waals surface area contributed by atoms with Crippen LogP contribution in [0.3, 0.4) is 0 Å². The minimum atomic E-state index is -0.827. The third kappa shape index (κ3) is 5.24. The van der Waals surface area contributed by atoms with Gasteiger partial charge < -0.3 is 20.5 Å². The van der Waals surface area contributed by atoms with E-state index < -0.39 is 24.0 Å². The largest absolute Gasteiger partial charge is 0.481 e. The summed E-state index contributed by atoms with van der Waals surface area (Å²) in [6.07, 6.45) is 1.43. The number of hydrogen-bond donors (Lipinski definition) is 3. The second kappa shape index (κ2) is 10.3. The number of carbonyl (C=O) groups excluding carboxylic acids is 2. The van der Waals surface area contributed by atoms with E-state index in [0.717, 1.165) is 22.3 Å². The first-order valence-corrected chi connectivity index (χ1v) is 12.0. The van der Waals surface area contributed by atoms with Crippen molar-refractivity contribution in [3.8, 4) is 11.1 Å². The number of carboxylic acids is 1. The summed E-state index contributed by atoms with van der Waals surface area (Å²) in [5, 5.41) is 14.9. The number of aliphatic carboxylic acids is 1. The van der Waals surface area contributed by atoms with Crippen LogP contribution in [0.15, 0.2) is 48.5 Å². The molecule has 2 aromatic carbocycles. The molecule has 0 radical (unpaired) electrons. The standard InChI is InChI=1S/C27H32N2O5/c1-16(2)13-24(25(30)28-18-12-11-17(14-18)26(31)32)29-27(33)34-15-23-21-9-5-3-7-19(21)20-8-4-6-10-22(20)23/h3-10,16-18,23-24H,11-15H2,1-2H3,(H,28,30)(H,29,33)(H,31,32). The summed E-state index contributed by atoms with van der Waals surface area (Å²) in [6.45, 7) is 4.14. The molecule has 2 aliphatic rings. The molecule has 0 saturated heterocycles. The third-order valence-corrected chi connectivity index (χ3v) is 6.79. The molecule has 0 aromatic heterocycles. The normalized spacial score (nSPS) is 19.9. The quantitative estimate of drug-likeness (QED) is 0.540. The van der Waals surface area contributed by atoms with Gasteiger partial charge in [-0.15, -0.1) is 0 Å². The molecule has 4 rings (SSSR count). The lowest BCUT2D eigenvalue weighted by molar-refractivity contribution is -0.141. The number of hydrogen-bond acceptors (Lipinski definition) is 4. The van der Waals surface area contributed by atoms with Gasteiger partial charge in [-0.2, -0.15) is 0 Å². The van der Waals surface area contributed by atoms with Crippen LogP contribution < -0.4 is 10.6 Å². The van der Waals surface area contributed by atoms with Crippen LogP contribution in [0.2, 0.25) is 0 Å². The number of alkyl carbamates (subject to hydrolysis) is 1. The third-order valence-electron chi connectivity index (χ3n) is 6.79. The van der Waals surface area contributed by atoms with Crippen molar-refractivity contribution in [3.63, 3.8) is 0 Å². The van der Waals surface area contributed by atoms with E-state index >= 15 is 0 Å². The SMILES string of the molecule is CC(C)CC(NC(=O)OCC1c2ccccc2-c2ccccc21)C(=O)NC1CCC(C(=O)O)C1. The van der Waals surface area contributed by atoms with Crippen molar-refractivity contribution in [3.05, 3.63) is 59.7 Å². The summed E-state index contributed by atoms with van der Waals surface area (Å²) < 4.78 is 5.61. The maximum absolute atomic E-state index is 12.9. The molecule has 2 aromatic rings. The summed E-state index contributed by atoms with van der Waals surface area (Å²) in [5.41, 5.74) is 4.56. The van der Waals surface area contributed by atoms with Crippen LogP contribution in [-0.2, 0) is 14.3 Å². The van der Waals surface area contributed by atoms with Crippen molar-refractivity contribution in [2.24, 2.45) is 11.8 Å². The molecular weight excluding hydrogens is 432 g/mol. The Bertz CT molecular complexity index is 1020. The fourth-order valence-electron chi connectivity index (χ4n) is 5.12. The molecule has 0 spiro atoms. The molecule has 1 fully saturated rings. The van der Waals surface area contributed by atoms with Crippen LogP contribution in [0.1, 0.15) is 56.6 Å². The highest BCUT2D eigenvalue weighted by atomic mass is 16.5.